The summed E-state index contributed by atoms with van der Waals surface area (Å²) in [6, 6.07) is 19.7. The molecule has 0 aliphatic heterocycles. The van der Waals surface area contributed by atoms with Gasteiger partial charge in [0.25, 0.3) is 0 Å². The summed E-state index contributed by atoms with van der Waals surface area (Å²) >= 11 is 0. The van der Waals surface area contributed by atoms with Gasteiger partial charge >= 0.3 is 0 Å². The Morgan fingerprint density at radius 2 is 1.43 bits per heavy atom. The highest BCUT2D eigenvalue weighted by Gasteiger charge is 2.26. The molecule has 0 radical (unpaired) electrons. The molecular weight excluding hydrogens is 275 g/mol. The van der Waals surface area contributed by atoms with Gasteiger partial charge in [0.2, 0.25) is 0 Å². The Hall–Kier alpha value is -1.85. The van der Waals surface area contributed by atoms with Crippen LogP contribution < -0.4 is 10.6 Å². The lowest BCUT2D eigenvalue weighted by atomic mass is 10.2. The highest BCUT2D eigenvalue weighted by atomic mass is 31.2. The Morgan fingerprint density at radius 1 is 0.905 bits per heavy atom. The fourth-order valence-corrected chi connectivity index (χ4v) is 5.35. The van der Waals surface area contributed by atoms with Gasteiger partial charge in [0.1, 0.15) is 0 Å². The second-order valence-electron chi connectivity index (χ2n) is 5.41. The predicted octanol–water partition coefficient (Wildman–Crippen LogP) is 4.62. The van der Waals surface area contributed by atoms with E-state index in [9.17, 15) is 4.57 Å². The van der Waals surface area contributed by atoms with Crippen LogP contribution in [0, 0.1) is 0 Å². The van der Waals surface area contributed by atoms with Crippen LogP contribution >= 0.6 is 7.14 Å². The van der Waals surface area contributed by atoms with Crippen molar-refractivity contribution in [1.82, 2.24) is 0 Å². The van der Waals surface area contributed by atoms with Crippen LogP contribution in [0.3, 0.4) is 0 Å². The van der Waals surface area contributed by atoms with Gasteiger partial charge in [-0.2, -0.15) is 0 Å². The van der Waals surface area contributed by atoms with E-state index in [1.165, 1.54) is 11.1 Å². The molecule has 106 valence electrons. The minimum atomic E-state index is -2.71. The molecule has 0 saturated carbocycles. The number of benzene rings is 2. The quantitative estimate of drug-likeness (QED) is 0.755. The Bertz CT molecular complexity index is 683. The van der Waals surface area contributed by atoms with Gasteiger partial charge in [-0.05, 0) is 31.2 Å². The van der Waals surface area contributed by atoms with Crippen LogP contribution in [0.25, 0.3) is 0 Å². The maximum Gasteiger partial charge on any atom is 0.164 e. The Morgan fingerprint density at radius 3 is 1.86 bits per heavy atom. The monoisotopic (exact) mass is 294 g/mol. The predicted molar refractivity (Wildman–Crippen MR) is 90.8 cm³/mol. The fourth-order valence-electron chi connectivity index (χ4n) is 2.76. The van der Waals surface area contributed by atoms with Crippen molar-refractivity contribution < 1.29 is 4.57 Å². The van der Waals surface area contributed by atoms with Crippen LogP contribution in [0.4, 0.5) is 0 Å². The lowest BCUT2D eigenvalue weighted by molar-refractivity contribution is 0.592. The average molecular weight is 294 g/mol. The van der Waals surface area contributed by atoms with Crippen molar-refractivity contribution in [3.63, 3.8) is 0 Å². The Labute approximate surface area is 126 Å². The molecule has 2 aromatic carbocycles. The van der Waals surface area contributed by atoms with E-state index < -0.39 is 7.14 Å². The first kappa shape index (κ1) is 14.1. The molecule has 0 saturated heterocycles. The minimum absolute atomic E-state index is 0.906. The average Bonchev–Trinajstić information content (AvgIpc) is 2.94. The van der Waals surface area contributed by atoms with Crippen LogP contribution in [0.15, 0.2) is 83.7 Å². The summed E-state index contributed by atoms with van der Waals surface area (Å²) in [7, 11) is -2.71. The highest BCUT2D eigenvalue weighted by Crippen LogP contribution is 2.48. The first-order valence-corrected chi connectivity index (χ1v) is 9.07. The number of rotatable bonds is 3. The van der Waals surface area contributed by atoms with E-state index in [0.717, 1.165) is 23.5 Å². The number of allylic oxidation sites excluding steroid dienone is 3. The molecular formula is C19H19OP. The highest BCUT2D eigenvalue weighted by molar-refractivity contribution is 7.81. The third-order valence-corrected chi connectivity index (χ3v) is 6.79. The molecule has 0 atom stereocenters. The summed E-state index contributed by atoms with van der Waals surface area (Å²) < 4.78 is 13.8. The van der Waals surface area contributed by atoms with Crippen LogP contribution in [0.5, 0.6) is 0 Å². The second kappa shape index (κ2) is 5.87. The smallest absolute Gasteiger partial charge is 0.164 e. The zero-order chi connectivity index (χ0) is 14.7. The first-order valence-electron chi connectivity index (χ1n) is 7.30. The molecule has 3 rings (SSSR count). The lowest BCUT2D eigenvalue weighted by Crippen LogP contribution is -2.14. The summed E-state index contributed by atoms with van der Waals surface area (Å²) in [5.74, 6) is 2.02. The topological polar surface area (TPSA) is 17.1 Å². The SMILES string of the molecule is CC1=CCC/C1=C/P(=O)(c1ccccc1)c1ccccc1. The molecule has 0 unspecified atom stereocenters. The van der Waals surface area contributed by atoms with Crippen molar-refractivity contribution in [2.45, 2.75) is 19.8 Å². The summed E-state index contributed by atoms with van der Waals surface area (Å²) in [6.07, 6.45) is 4.28. The van der Waals surface area contributed by atoms with Crippen LogP contribution in [-0.4, -0.2) is 0 Å². The van der Waals surface area contributed by atoms with Gasteiger partial charge in [0, 0.05) is 10.6 Å². The normalized spacial score (nSPS) is 17.0. The molecule has 0 bridgehead atoms. The maximum atomic E-state index is 13.8. The van der Waals surface area contributed by atoms with Crippen molar-refractivity contribution in [3.05, 3.63) is 83.7 Å². The van der Waals surface area contributed by atoms with E-state index in [0.29, 0.717) is 0 Å². The molecule has 0 aromatic heterocycles. The molecule has 1 aliphatic rings. The van der Waals surface area contributed by atoms with Gasteiger partial charge in [-0.1, -0.05) is 72.3 Å². The van der Waals surface area contributed by atoms with Gasteiger partial charge in [0.05, 0.1) is 0 Å². The van der Waals surface area contributed by atoms with Crippen molar-refractivity contribution in [2.75, 3.05) is 0 Å². The zero-order valence-electron chi connectivity index (χ0n) is 12.2. The Kier molecular flexibility index (Phi) is 3.94. The van der Waals surface area contributed by atoms with Crippen molar-refractivity contribution >= 4 is 17.8 Å². The lowest BCUT2D eigenvalue weighted by Gasteiger charge is -2.17. The summed E-state index contributed by atoms with van der Waals surface area (Å²) in [5.41, 5.74) is 2.49. The Balaban J connectivity index is 2.17. The van der Waals surface area contributed by atoms with E-state index in [1.807, 2.05) is 66.5 Å². The molecule has 0 N–H and O–H groups in total. The molecule has 0 heterocycles. The van der Waals surface area contributed by atoms with E-state index in [2.05, 4.69) is 13.0 Å². The molecule has 0 amide bonds. The fraction of sp³-hybridized carbons (Fsp3) is 0.158. The van der Waals surface area contributed by atoms with Gasteiger partial charge in [-0.25, -0.2) is 0 Å². The summed E-state index contributed by atoms with van der Waals surface area (Å²) in [4.78, 5) is 0. The molecule has 2 aromatic rings. The van der Waals surface area contributed by atoms with Crippen molar-refractivity contribution in [3.8, 4) is 0 Å². The van der Waals surface area contributed by atoms with Crippen LogP contribution in [0.1, 0.15) is 19.8 Å². The molecule has 0 fully saturated rings. The largest absolute Gasteiger partial charge is 0.309 e. The van der Waals surface area contributed by atoms with Crippen LogP contribution in [-0.2, 0) is 4.57 Å². The number of hydrogen-bond acceptors (Lipinski definition) is 1. The van der Waals surface area contributed by atoms with E-state index in [1.54, 1.807) is 0 Å². The molecule has 1 aliphatic carbocycles. The minimum Gasteiger partial charge on any atom is -0.309 e. The van der Waals surface area contributed by atoms with Gasteiger partial charge in [0.15, 0.2) is 7.14 Å². The van der Waals surface area contributed by atoms with E-state index >= 15 is 0 Å². The zero-order valence-corrected chi connectivity index (χ0v) is 13.1. The van der Waals surface area contributed by atoms with Gasteiger partial charge in [-0.3, -0.25) is 0 Å². The molecule has 21 heavy (non-hydrogen) atoms. The van der Waals surface area contributed by atoms with Gasteiger partial charge in [-0.15, -0.1) is 0 Å². The summed E-state index contributed by atoms with van der Waals surface area (Å²) in [5, 5.41) is 1.81. The molecule has 2 heteroatoms. The van der Waals surface area contributed by atoms with Gasteiger partial charge < -0.3 is 4.57 Å². The standard InChI is InChI=1S/C19H19OP/c1-16-9-8-10-17(16)15-21(20,18-11-4-2-5-12-18)19-13-6-3-7-14-19/h2-7,9,11-15H,8,10H2,1H3/b17-15-. The van der Waals surface area contributed by atoms with Crippen molar-refractivity contribution in [2.24, 2.45) is 0 Å². The summed E-state index contributed by atoms with van der Waals surface area (Å²) in [6.45, 7) is 2.11. The number of hydrogen-bond donors (Lipinski definition) is 0. The van der Waals surface area contributed by atoms with E-state index in [4.69, 9.17) is 0 Å². The van der Waals surface area contributed by atoms with Crippen molar-refractivity contribution in [1.29, 1.82) is 0 Å². The third kappa shape index (κ3) is 2.80. The molecule has 1 nitrogen and oxygen atoms in total. The second-order valence-corrected chi connectivity index (χ2v) is 8.02. The first-order chi connectivity index (χ1) is 10.2. The molecule has 0 spiro atoms. The van der Waals surface area contributed by atoms with E-state index in [-0.39, 0.29) is 0 Å². The maximum absolute atomic E-state index is 13.8. The third-order valence-electron chi connectivity index (χ3n) is 3.99. The van der Waals surface area contributed by atoms with Crippen LogP contribution in [0.2, 0.25) is 0 Å².